The van der Waals surface area contributed by atoms with Crippen molar-refractivity contribution in [1.29, 1.82) is 0 Å². The number of anilines is 2. The van der Waals surface area contributed by atoms with E-state index in [4.69, 9.17) is 5.84 Å². The molecule has 0 amide bonds. The molecule has 3 heterocycles. The molecule has 0 radical (unpaired) electrons. The van der Waals surface area contributed by atoms with Crippen molar-refractivity contribution in [3.8, 4) is 0 Å². The van der Waals surface area contributed by atoms with E-state index in [1.165, 1.54) is 25.9 Å². The molecule has 1 saturated heterocycles. The van der Waals surface area contributed by atoms with Crippen LogP contribution in [-0.2, 0) is 0 Å². The van der Waals surface area contributed by atoms with Crippen molar-refractivity contribution in [3.63, 3.8) is 0 Å². The minimum absolute atomic E-state index is 0.629. The van der Waals surface area contributed by atoms with Gasteiger partial charge in [0.2, 0.25) is 0 Å². The van der Waals surface area contributed by atoms with Gasteiger partial charge in [0.1, 0.15) is 0 Å². The lowest BCUT2D eigenvalue weighted by Gasteiger charge is -2.31. The van der Waals surface area contributed by atoms with Crippen molar-refractivity contribution in [2.75, 3.05) is 36.9 Å². The summed E-state index contributed by atoms with van der Waals surface area (Å²) in [5.41, 5.74) is 3.43. The number of likely N-dealkylation sites (tertiary alicyclic amines) is 1. The van der Waals surface area contributed by atoms with Gasteiger partial charge in [-0.05, 0) is 38.4 Å². The number of fused-ring (bicyclic) bond motifs is 1. The van der Waals surface area contributed by atoms with E-state index in [0.29, 0.717) is 11.7 Å². The van der Waals surface area contributed by atoms with Gasteiger partial charge in [-0.15, -0.1) is 0 Å². The first-order valence-electron chi connectivity index (χ1n) is 7.56. The molecule has 21 heavy (non-hydrogen) atoms. The molecule has 1 aliphatic rings. The lowest BCUT2D eigenvalue weighted by Crippen LogP contribution is -2.35. The molecular formula is C14H23N7. The SMILES string of the molecule is CCN1CCC(CNc2nc(NN)cn3ccnc23)CC1. The van der Waals surface area contributed by atoms with Crippen LogP contribution in [0.25, 0.3) is 5.65 Å². The van der Waals surface area contributed by atoms with Gasteiger partial charge in [0.15, 0.2) is 17.3 Å². The first kappa shape index (κ1) is 14.1. The molecule has 114 valence electrons. The predicted octanol–water partition coefficient (Wildman–Crippen LogP) is 1.16. The number of nitrogens with two attached hydrogens (primary N) is 1. The van der Waals surface area contributed by atoms with Crippen LogP contribution in [0.2, 0.25) is 0 Å². The van der Waals surface area contributed by atoms with Crippen LogP contribution in [-0.4, -0.2) is 45.4 Å². The number of piperidine rings is 1. The molecule has 2 aromatic rings. The molecule has 2 aromatic heterocycles. The third-order valence-electron chi connectivity index (χ3n) is 4.23. The topological polar surface area (TPSA) is 83.5 Å². The van der Waals surface area contributed by atoms with E-state index in [0.717, 1.165) is 24.6 Å². The molecule has 0 bridgehead atoms. The lowest BCUT2D eigenvalue weighted by molar-refractivity contribution is 0.198. The van der Waals surface area contributed by atoms with Crippen LogP contribution >= 0.6 is 0 Å². The zero-order valence-corrected chi connectivity index (χ0v) is 12.4. The quantitative estimate of drug-likeness (QED) is 0.566. The molecule has 0 saturated carbocycles. The highest BCUT2D eigenvalue weighted by Gasteiger charge is 2.18. The van der Waals surface area contributed by atoms with Gasteiger partial charge in [-0.2, -0.15) is 0 Å². The first-order valence-corrected chi connectivity index (χ1v) is 7.56. The predicted molar refractivity (Wildman–Crippen MR) is 84.1 cm³/mol. The molecule has 0 aromatic carbocycles. The lowest BCUT2D eigenvalue weighted by atomic mass is 9.97. The number of nitrogens with one attached hydrogen (secondary N) is 2. The third kappa shape index (κ3) is 3.08. The standard InChI is InChI=1S/C14H23N7/c1-2-20-6-3-11(4-7-20)9-17-13-14-16-5-8-21(14)10-12(18-13)19-15/h5,8,10-11,19H,2-4,6-7,9,15H2,1H3,(H,17,18). The summed E-state index contributed by atoms with van der Waals surface area (Å²) in [6.07, 6.45) is 7.96. The Morgan fingerprint density at radius 2 is 2.19 bits per heavy atom. The fourth-order valence-corrected chi connectivity index (χ4v) is 2.87. The number of nitrogens with zero attached hydrogens (tertiary/aromatic N) is 4. The van der Waals surface area contributed by atoms with Crippen molar-refractivity contribution in [2.45, 2.75) is 19.8 Å². The monoisotopic (exact) mass is 289 g/mol. The molecule has 1 aliphatic heterocycles. The van der Waals surface area contributed by atoms with Crippen LogP contribution in [0.5, 0.6) is 0 Å². The minimum atomic E-state index is 0.629. The average molecular weight is 289 g/mol. The second-order valence-electron chi connectivity index (χ2n) is 5.54. The van der Waals surface area contributed by atoms with Gasteiger partial charge in [0, 0.05) is 18.9 Å². The maximum Gasteiger partial charge on any atom is 0.180 e. The molecule has 4 N–H and O–H groups in total. The number of hydrogen-bond donors (Lipinski definition) is 3. The van der Waals surface area contributed by atoms with Gasteiger partial charge in [-0.1, -0.05) is 6.92 Å². The van der Waals surface area contributed by atoms with E-state index in [1.54, 1.807) is 6.20 Å². The maximum absolute atomic E-state index is 5.47. The summed E-state index contributed by atoms with van der Waals surface area (Å²) in [5.74, 6) is 7.58. The number of imidazole rings is 1. The van der Waals surface area contributed by atoms with E-state index in [2.05, 4.69) is 32.5 Å². The summed E-state index contributed by atoms with van der Waals surface area (Å²) in [6, 6.07) is 0. The van der Waals surface area contributed by atoms with Gasteiger partial charge in [0.05, 0.1) is 6.20 Å². The van der Waals surface area contributed by atoms with E-state index in [1.807, 2.05) is 16.8 Å². The Kier molecular flexibility index (Phi) is 4.21. The van der Waals surface area contributed by atoms with Crippen LogP contribution in [0.4, 0.5) is 11.6 Å². The van der Waals surface area contributed by atoms with Gasteiger partial charge in [0.25, 0.3) is 0 Å². The Balaban J connectivity index is 1.66. The number of nitrogen functional groups attached to an aromatic ring is 1. The van der Waals surface area contributed by atoms with Crippen LogP contribution in [0, 0.1) is 5.92 Å². The molecule has 3 rings (SSSR count). The van der Waals surface area contributed by atoms with Crippen LogP contribution in [0.3, 0.4) is 0 Å². The number of hydrogen-bond acceptors (Lipinski definition) is 6. The van der Waals surface area contributed by atoms with Crippen molar-refractivity contribution in [3.05, 3.63) is 18.6 Å². The van der Waals surface area contributed by atoms with Crippen molar-refractivity contribution < 1.29 is 0 Å². The Hall–Kier alpha value is -1.86. The van der Waals surface area contributed by atoms with Crippen molar-refractivity contribution in [2.24, 2.45) is 11.8 Å². The Bertz CT molecular complexity index is 586. The maximum atomic E-state index is 5.47. The van der Waals surface area contributed by atoms with Crippen molar-refractivity contribution in [1.82, 2.24) is 19.3 Å². The number of aromatic nitrogens is 3. The smallest absolute Gasteiger partial charge is 0.180 e. The highest BCUT2D eigenvalue weighted by molar-refractivity contribution is 5.65. The number of rotatable bonds is 5. The van der Waals surface area contributed by atoms with E-state index >= 15 is 0 Å². The molecule has 7 heteroatoms. The highest BCUT2D eigenvalue weighted by Crippen LogP contribution is 2.20. The number of hydrazine groups is 1. The van der Waals surface area contributed by atoms with Gasteiger partial charge < -0.3 is 20.0 Å². The Morgan fingerprint density at radius 1 is 1.38 bits per heavy atom. The zero-order chi connectivity index (χ0) is 14.7. The summed E-state index contributed by atoms with van der Waals surface area (Å²) < 4.78 is 1.92. The first-order chi connectivity index (χ1) is 10.3. The second-order valence-corrected chi connectivity index (χ2v) is 5.54. The normalized spacial score (nSPS) is 17.2. The zero-order valence-electron chi connectivity index (χ0n) is 12.4. The third-order valence-corrected chi connectivity index (χ3v) is 4.23. The van der Waals surface area contributed by atoms with Crippen LogP contribution in [0.15, 0.2) is 18.6 Å². The Labute approximate surface area is 124 Å². The largest absolute Gasteiger partial charge is 0.367 e. The van der Waals surface area contributed by atoms with Crippen LogP contribution in [0.1, 0.15) is 19.8 Å². The molecule has 7 nitrogen and oxygen atoms in total. The summed E-state index contributed by atoms with van der Waals surface area (Å²) in [5, 5.41) is 3.44. The van der Waals surface area contributed by atoms with E-state index < -0.39 is 0 Å². The van der Waals surface area contributed by atoms with Crippen molar-refractivity contribution >= 4 is 17.3 Å². The Morgan fingerprint density at radius 3 is 2.90 bits per heavy atom. The molecular weight excluding hydrogens is 266 g/mol. The van der Waals surface area contributed by atoms with E-state index in [-0.39, 0.29) is 0 Å². The summed E-state index contributed by atoms with van der Waals surface area (Å²) in [7, 11) is 0. The summed E-state index contributed by atoms with van der Waals surface area (Å²) >= 11 is 0. The molecule has 0 unspecified atom stereocenters. The fraction of sp³-hybridized carbons (Fsp3) is 0.571. The van der Waals surface area contributed by atoms with E-state index in [9.17, 15) is 0 Å². The fourth-order valence-electron chi connectivity index (χ4n) is 2.87. The molecule has 0 atom stereocenters. The van der Waals surface area contributed by atoms with Gasteiger partial charge in [-0.25, -0.2) is 15.8 Å². The summed E-state index contributed by atoms with van der Waals surface area (Å²) in [4.78, 5) is 11.3. The second kappa shape index (κ2) is 6.28. The molecule has 0 spiro atoms. The highest BCUT2D eigenvalue weighted by atomic mass is 15.3. The molecule has 1 fully saturated rings. The average Bonchev–Trinajstić information content (AvgIpc) is 3.01. The minimum Gasteiger partial charge on any atom is -0.367 e. The van der Waals surface area contributed by atoms with Crippen LogP contribution < -0.4 is 16.6 Å². The molecule has 0 aliphatic carbocycles. The summed E-state index contributed by atoms with van der Waals surface area (Å²) in [6.45, 7) is 6.70. The van der Waals surface area contributed by atoms with Gasteiger partial charge in [-0.3, -0.25) is 0 Å². The van der Waals surface area contributed by atoms with Gasteiger partial charge >= 0.3 is 0 Å².